The number of ketones is 1. The number of aliphatic hydroxyl groups excluding tert-OH is 2. The lowest BCUT2D eigenvalue weighted by atomic mass is 9.78. The number of esters is 1. The van der Waals surface area contributed by atoms with E-state index in [1.807, 2.05) is 46.8 Å². The van der Waals surface area contributed by atoms with Gasteiger partial charge in [-0.3, -0.25) is 9.59 Å². The van der Waals surface area contributed by atoms with Gasteiger partial charge in [0.2, 0.25) is 6.41 Å². The molecule has 3 aliphatic rings. The SMILES string of the molecule is CO[C@H]([C@H](C)/C=C/N(C)C=O)[C@@H](C)C(=O)CC[C@H](C)[C@H](O)[C@H](C)[C@H]1OC(=O)C=CC(C)=C[C@H](O)[C@H](OC)C[C@@H]2C=CC[C@@H](C[C@H](OC)[C@@]3(CO3)[C@@H](OC)C[C@@H](OC)[C@@H]1C)O2. The van der Waals surface area contributed by atoms with Gasteiger partial charge in [-0.1, -0.05) is 70.6 Å². The number of hydrogen-bond donors (Lipinski definition) is 2. The van der Waals surface area contributed by atoms with Crippen molar-refractivity contribution in [2.75, 3.05) is 49.2 Å². The lowest BCUT2D eigenvalue weighted by Crippen LogP contribution is -2.50. The van der Waals surface area contributed by atoms with Crippen molar-refractivity contribution in [2.24, 2.45) is 29.6 Å². The largest absolute Gasteiger partial charge is 0.458 e. The molecule has 0 aromatic carbocycles. The highest BCUT2D eigenvalue weighted by Gasteiger charge is 2.59. The maximum atomic E-state index is 13.6. The molecule has 342 valence electrons. The summed E-state index contributed by atoms with van der Waals surface area (Å²) in [6.45, 7) is 11.6. The van der Waals surface area contributed by atoms with Crippen LogP contribution in [0.1, 0.15) is 80.1 Å². The second kappa shape index (κ2) is 24.7. The minimum absolute atomic E-state index is 0.00245. The first kappa shape index (κ1) is 51.6. The molecule has 0 unspecified atom stereocenters. The summed E-state index contributed by atoms with van der Waals surface area (Å²) in [4.78, 5) is 39.5. The summed E-state index contributed by atoms with van der Waals surface area (Å²) in [5.74, 6) is -2.55. The number of hydrogen-bond acceptors (Lipinski definition) is 13. The highest BCUT2D eigenvalue weighted by Crippen LogP contribution is 2.43. The highest BCUT2D eigenvalue weighted by atomic mass is 16.6. The molecule has 1 spiro atoms. The van der Waals surface area contributed by atoms with Crippen molar-refractivity contribution >= 4 is 18.2 Å². The van der Waals surface area contributed by atoms with Gasteiger partial charge in [-0.2, -0.15) is 0 Å². The van der Waals surface area contributed by atoms with Crippen LogP contribution in [0.25, 0.3) is 0 Å². The van der Waals surface area contributed by atoms with Gasteiger partial charge in [0.05, 0.1) is 61.5 Å². The third-order valence-electron chi connectivity index (χ3n) is 13.0. The third-order valence-corrected chi connectivity index (χ3v) is 13.0. The first-order chi connectivity index (χ1) is 28.5. The van der Waals surface area contributed by atoms with E-state index in [2.05, 4.69) is 6.08 Å². The normalized spacial score (nSPS) is 33.9. The number of epoxide rings is 1. The van der Waals surface area contributed by atoms with E-state index in [1.165, 1.54) is 11.0 Å². The smallest absolute Gasteiger partial charge is 0.331 e. The van der Waals surface area contributed by atoms with Gasteiger partial charge in [0.15, 0.2) is 0 Å². The number of Topliss-reactive ketones (excluding diaryl/α,β-unsaturated/α-hetero) is 1. The van der Waals surface area contributed by atoms with Gasteiger partial charge in [0.1, 0.15) is 17.5 Å². The summed E-state index contributed by atoms with van der Waals surface area (Å²) >= 11 is 0. The maximum absolute atomic E-state index is 13.6. The first-order valence-corrected chi connectivity index (χ1v) is 21.4. The second-order valence-corrected chi connectivity index (χ2v) is 17.2. The molecule has 0 radical (unpaired) electrons. The van der Waals surface area contributed by atoms with Crippen molar-refractivity contribution in [1.29, 1.82) is 0 Å². The van der Waals surface area contributed by atoms with E-state index in [1.54, 1.807) is 67.9 Å². The number of methoxy groups -OCH3 is 5. The molecule has 60 heavy (non-hydrogen) atoms. The van der Waals surface area contributed by atoms with Crippen LogP contribution in [0.3, 0.4) is 0 Å². The minimum atomic E-state index is -0.978. The van der Waals surface area contributed by atoms with Crippen molar-refractivity contribution < 1.29 is 62.5 Å². The molecule has 2 N–H and O–H groups in total. The second-order valence-electron chi connectivity index (χ2n) is 17.2. The third kappa shape index (κ3) is 14.1. The summed E-state index contributed by atoms with van der Waals surface area (Å²) in [5.41, 5.74) is -0.141. The average molecular weight is 850 g/mol. The van der Waals surface area contributed by atoms with Crippen molar-refractivity contribution in [3.63, 3.8) is 0 Å². The number of allylic oxidation sites excluding steroid dienone is 2. The minimum Gasteiger partial charge on any atom is -0.458 e. The van der Waals surface area contributed by atoms with Crippen LogP contribution >= 0.6 is 0 Å². The Labute approximate surface area is 358 Å². The summed E-state index contributed by atoms with van der Waals surface area (Å²) < 4.78 is 48.7. The zero-order valence-corrected chi connectivity index (χ0v) is 38.1. The van der Waals surface area contributed by atoms with Crippen LogP contribution in [0.2, 0.25) is 0 Å². The molecule has 1 fully saturated rings. The number of carbonyl (C=O) groups is 3. The quantitative estimate of drug-likeness (QED) is 0.0869. The van der Waals surface area contributed by atoms with Gasteiger partial charge in [-0.15, -0.1) is 0 Å². The van der Waals surface area contributed by atoms with Crippen LogP contribution < -0.4 is 0 Å². The Morgan fingerprint density at radius 1 is 1.00 bits per heavy atom. The standard InChI is InChI=1S/C46H75NO13/c1-28-16-19-42(51)60-45(33(6)43(52)29(2)17-18-36(49)31(4)44(57-12)30(3)20-21-47(7)27-48)32(5)38(53-8)25-41(56-11)46(26-58-46)40(55-10)24-35-15-13-14-34(59-35)23-39(54-9)37(50)22-28/h13-14,16,19-22,27,29-35,37-41,43-45,50,52H,15,17-18,23-26H2,1-12H3/b19-16?,21-20+,28-22?/t29-,30+,31-,32-,33-,34-,35-,37-,38+,39+,40-,41-,43-,44+,45-,46-/m0/s1. The van der Waals surface area contributed by atoms with E-state index in [9.17, 15) is 24.6 Å². The van der Waals surface area contributed by atoms with E-state index >= 15 is 0 Å². The molecule has 0 aromatic heterocycles. The maximum Gasteiger partial charge on any atom is 0.331 e. The molecule has 0 aliphatic carbocycles. The molecular weight excluding hydrogens is 774 g/mol. The predicted molar refractivity (Wildman–Crippen MR) is 227 cm³/mol. The topological polar surface area (TPSA) is 172 Å². The Balaban J connectivity index is 1.90. The molecule has 2 bridgehead atoms. The van der Waals surface area contributed by atoms with E-state index < -0.39 is 72.1 Å². The molecule has 1 amide bonds. The van der Waals surface area contributed by atoms with Crippen LogP contribution in [0.5, 0.6) is 0 Å². The van der Waals surface area contributed by atoms with E-state index in [-0.39, 0.29) is 42.4 Å². The van der Waals surface area contributed by atoms with Crippen molar-refractivity contribution in [2.45, 2.75) is 147 Å². The number of nitrogens with zero attached hydrogens (tertiary/aromatic N) is 1. The van der Waals surface area contributed by atoms with E-state index in [4.69, 9.17) is 37.9 Å². The van der Waals surface area contributed by atoms with Gasteiger partial charge >= 0.3 is 5.97 Å². The number of aliphatic hydroxyl groups is 2. The number of amides is 1. The lowest BCUT2D eigenvalue weighted by molar-refractivity contribution is -0.159. The number of carbonyl (C=O) groups excluding carboxylic acids is 3. The summed E-state index contributed by atoms with van der Waals surface area (Å²) in [6.07, 6.45) is 9.91. The number of rotatable bonds is 17. The van der Waals surface area contributed by atoms with E-state index in [0.717, 1.165) is 0 Å². The number of fused-ring (bicyclic) bond motifs is 2. The Kier molecular flexibility index (Phi) is 21.3. The van der Waals surface area contributed by atoms with Gasteiger partial charge in [0, 0.05) is 104 Å². The number of ether oxygens (including phenoxy) is 8. The molecule has 0 saturated carbocycles. The molecule has 3 rings (SSSR count). The Morgan fingerprint density at radius 2 is 1.65 bits per heavy atom. The fourth-order valence-corrected chi connectivity index (χ4v) is 8.91. The van der Waals surface area contributed by atoms with Crippen LogP contribution in [0, 0.1) is 29.6 Å². The molecule has 1 saturated heterocycles. The molecule has 14 heteroatoms. The fraction of sp³-hybridized carbons (Fsp3) is 0.761. The Morgan fingerprint density at radius 3 is 2.23 bits per heavy atom. The number of cyclic esters (lactones) is 1. The van der Waals surface area contributed by atoms with Gasteiger partial charge in [-0.05, 0) is 25.7 Å². The Hall–Kier alpha value is -2.79. The molecule has 3 heterocycles. The Bertz CT molecular complexity index is 1460. The molecular formula is C46H75NO13. The van der Waals surface area contributed by atoms with Crippen molar-refractivity contribution in [3.8, 4) is 0 Å². The zero-order chi connectivity index (χ0) is 44.7. The predicted octanol–water partition coefficient (Wildman–Crippen LogP) is 5.00. The summed E-state index contributed by atoms with van der Waals surface area (Å²) in [5, 5.41) is 23.0. The van der Waals surface area contributed by atoms with Crippen molar-refractivity contribution in [3.05, 3.63) is 48.2 Å². The monoisotopic (exact) mass is 850 g/mol. The average Bonchev–Trinajstić information content (AvgIpc) is 4.05. The van der Waals surface area contributed by atoms with Crippen LogP contribution in [-0.4, -0.2) is 149 Å². The van der Waals surface area contributed by atoms with Crippen molar-refractivity contribution in [1.82, 2.24) is 4.90 Å². The molecule has 3 aliphatic heterocycles. The summed E-state index contributed by atoms with van der Waals surface area (Å²) in [7, 11) is 9.65. The zero-order valence-electron chi connectivity index (χ0n) is 38.1. The lowest BCUT2D eigenvalue weighted by Gasteiger charge is -2.39. The first-order valence-electron chi connectivity index (χ1n) is 21.4. The van der Waals surface area contributed by atoms with Crippen LogP contribution in [-0.2, 0) is 52.3 Å². The van der Waals surface area contributed by atoms with Crippen LogP contribution in [0.15, 0.2) is 48.2 Å². The van der Waals surface area contributed by atoms with Gasteiger partial charge in [0.25, 0.3) is 0 Å². The summed E-state index contributed by atoms with van der Waals surface area (Å²) in [6, 6.07) is 0. The van der Waals surface area contributed by atoms with Gasteiger partial charge < -0.3 is 53.0 Å². The molecule has 0 aromatic rings. The molecule has 16 atom stereocenters. The fourth-order valence-electron chi connectivity index (χ4n) is 8.91. The highest BCUT2D eigenvalue weighted by molar-refractivity contribution is 5.82. The molecule has 14 nitrogen and oxygen atoms in total. The van der Waals surface area contributed by atoms with E-state index in [0.29, 0.717) is 50.7 Å². The van der Waals surface area contributed by atoms with Crippen LogP contribution in [0.4, 0.5) is 0 Å². The van der Waals surface area contributed by atoms with Gasteiger partial charge in [-0.25, -0.2) is 4.79 Å².